The molecule has 4 N–H and O–H groups in total. The fourth-order valence-corrected chi connectivity index (χ4v) is 2.40. The number of rotatable bonds is 3. The summed E-state index contributed by atoms with van der Waals surface area (Å²) in [5, 5.41) is 12.5. The van der Waals surface area contributed by atoms with Gasteiger partial charge in [-0.3, -0.25) is 14.3 Å². The van der Waals surface area contributed by atoms with E-state index < -0.39 is 36.7 Å². The van der Waals surface area contributed by atoms with Crippen molar-refractivity contribution in [3.05, 3.63) is 27.1 Å². The SMILES string of the molecule is [N-]=[N+]=N[C@@H]1[C@H](F)[C@@H](CO)O[C@H]1n1cnc2c(=O)[nH]c(N)nc21. The zero-order chi connectivity index (χ0) is 15.9. The third-order valence-corrected chi connectivity index (χ3v) is 3.38. The van der Waals surface area contributed by atoms with Gasteiger partial charge >= 0.3 is 0 Å². The number of aromatic amines is 1. The molecule has 2 aromatic heterocycles. The van der Waals surface area contributed by atoms with Crippen molar-refractivity contribution in [2.24, 2.45) is 5.11 Å². The Kier molecular flexibility index (Phi) is 3.41. The highest BCUT2D eigenvalue weighted by Crippen LogP contribution is 2.35. The molecule has 0 bridgehead atoms. The quantitative estimate of drug-likeness (QED) is 0.396. The minimum Gasteiger partial charge on any atom is -0.394 e. The number of nitrogen functional groups attached to an aromatic ring is 1. The van der Waals surface area contributed by atoms with E-state index in [9.17, 15) is 9.18 Å². The zero-order valence-corrected chi connectivity index (χ0v) is 11.0. The number of ether oxygens (including phenoxy) is 1. The minimum atomic E-state index is -1.71. The molecule has 4 atom stereocenters. The van der Waals surface area contributed by atoms with Gasteiger partial charge in [0.2, 0.25) is 5.95 Å². The van der Waals surface area contributed by atoms with Gasteiger partial charge in [-0.15, -0.1) is 0 Å². The lowest BCUT2D eigenvalue weighted by Crippen LogP contribution is -2.28. The number of H-pyrrole nitrogens is 1. The van der Waals surface area contributed by atoms with Crippen LogP contribution in [0.4, 0.5) is 10.3 Å². The Hall–Kier alpha value is -2.69. The number of aromatic nitrogens is 4. The number of halogens is 1. The maximum absolute atomic E-state index is 14.1. The summed E-state index contributed by atoms with van der Waals surface area (Å²) in [5.74, 6) is -0.145. The van der Waals surface area contributed by atoms with Crippen LogP contribution in [0, 0.1) is 0 Å². The third-order valence-electron chi connectivity index (χ3n) is 3.38. The van der Waals surface area contributed by atoms with Crippen LogP contribution >= 0.6 is 0 Å². The fraction of sp³-hybridized carbons (Fsp3) is 0.500. The van der Waals surface area contributed by atoms with Crippen molar-refractivity contribution in [3.63, 3.8) is 0 Å². The third kappa shape index (κ3) is 2.06. The van der Waals surface area contributed by atoms with Crippen molar-refractivity contribution in [1.82, 2.24) is 19.5 Å². The van der Waals surface area contributed by atoms with Gasteiger partial charge < -0.3 is 15.6 Å². The Balaban J connectivity index is 2.13. The van der Waals surface area contributed by atoms with Gasteiger partial charge in [-0.1, -0.05) is 5.11 Å². The number of aliphatic hydroxyl groups is 1. The number of nitrogens with one attached hydrogen (secondary N) is 1. The van der Waals surface area contributed by atoms with Crippen molar-refractivity contribution < 1.29 is 14.2 Å². The Morgan fingerprint density at radius 2 is 2.45 bits per heavy atom. The second-order valence-corrected chi connectivity index (χ2v) is 4.66. The summed E-state index contributed by atoms with van der Waals surface area (Å²) in [5.41, 5.74) is 13.6. The predicted molar refractivity (Wildman–Crippen MR) is 71.4 cm³/mol. The van der Waals surface area contributed by atoms with Gasteiger partial charge in [0.25, 0.3) is 5.56 Å². The average molecular weight is 310 g/mol. The van der Waals surface area contributed by atoms with Crippen molar-refractivity contribution in [2.75, 3.05) is 12.3 Å². The van der Waals surface area contributed by atoms with Crippen molar-refractivity contribution in [3.8, 4) is 0 Å². The maximum atomic E-state index is 14.1. The fourth-order valence-electron chi connectivity index (χ4n) is 2.40. The molecule has 11 nitrogen and oxygen atoms in total. The Morgan fingerprint density at radius 1 is 1.68 bits per heavy atom. The number of fused-ring (bicyclic) bond motifs is 1. The number of alkyl halides is 1. The highest BCUT2D eigenvalue weighted by atomic mass is 19.1. The molecule has 0 saturated carbocycles. The molecule has 1 saturated heterocycles. The van der Waals surface area contributed by atoms with Crippen LogP contribution in [0.1, 0.15) is 6.23 Å². The lowest BCUT2D eigenvalue weighted by atomic mass is 10.1. The van der Waals surface area contributed by atoms with Crippen LogP contribution in [-0.2, 0) is 4.74 Å². The molecule has 0 spiro atoms. The minimum absolute atomic E-state index is 0.0136. The van der Waals surface area contributed by atoms with Crippen molar-refractivity contribution in [1.29, 1.82) is 0 Å². The lowest BCUT2D eigenvalue weighted by Gasteiger charge is -2.16. The van der Waals surface area contributed by atoms with E-state index in [1.54, 1.807) is 0 Å². The molecule has 0 unspecified atom stereocenters. The van der Waals surface area contributed by atoms with Crippen LogP contribution in [0.15, 0.2) is 16.2 Å². The first-order valence-electron chi connectivity index (χ1n) is 6.23. The molecule has 12 heteroatoms. The summed E-state index contributed by atoms with van der Waals surface area (Å²) >= 11 is 0. The molecule has 0 amide bonds. The van der Waals surface area contributed by atoms with E-state index in [2.05, 4.69) is 25.0 Å². The molecule has 116 valence electrons. The molecule has 1 fully saturated rings. The number of hydrogen-bond acceptors (Lipinski definition) is 7. The monoisotopic (exact) mass is 310 g/mol. The van der Waals surface area contributed by atoms with Crippen molar-refractivity contribution in [2.45, 2.75) is 24.5 Å². The summed E-state index contributed by atoms with van der Waals surface area (Å²) in [4.78, 5) is 24.4. The van der Waals surface area contributed by atoms with Gasteiger partial charge in [0.05, 0.1) is 12.9 Å². The number of hydrogen-bond donors (Lipinski definition) is 3. The highest BCUT2D eigenvalue weighted by molar-refractivity contribution is 5.70. The standard InChI is InChI=1S/C10H11FN8O3/c11-4-3(1-20)22-9(5(4)17-18-13)19-2-14-6-7(19)15-10(12)16-8(6)21/h2-5,9,20H,1H2,(H3,12,15,16,21)/t3-,4-,5-,9-/m1/s1. The molecule has 22 heavy (non-hydrogen) atoms. The topological polar surface area (TPSA) is 168 Å². The molecule has 1 aliphatic rings. The molecular formula is C10H11FN8O3. The van der Waals surface area contributed by atoms with E-state index in [1.807, 2.05) is 0 Å². The number of nitrogens with two attached hydrogens (primary N) is 1. The van der Waals surface area contributed by atoms with E-state index >= 15 is 0 Å². The summed E-state index contributed by atoms with van der Waals surface area (Å²) in [6.45, 7) is -0.585. The van der Waals surface area contributed by atoms with Crippen LogP contribution in [-0.4, -0.2) is 49.5 Å². The van der Waals surface area contributed by atoms with E-state index in [-0.39, 0.29) is 17.1 Å². The van der Waals surface area contributed by atoms with E-state index in [0.29, 0.717) is 0 Å². The van der Waals surface area contributed by atoms with Gasteiger partial charge in [-0.05, 0) is 5.53 Å². The van der Waals surface area contributed by atoms with E-state index in [4.69, 9.17) is 21.1 Å². The van der Waals surface area contributed by atoms with Crippen LogP contribution in [0.5, 0.6) is 0 Å². The number of azide groups is 1. The molecular weight excluding hydrogens is 299 g/mol. The van der Waals surface area contributed by atoms with Crippen LogP contribution in [0.25, 0.3) is 21.6 Å². The summed E-state index contributed by atoms with van der Waals surface area (Å²) < 4.78 is 20.8. The first kappa shape index (κ1) is 14.3. The lowest BCUT2D eigenvalue weighted by molar-refractivity contribution is -0.0337. The van der Waals surface area contributed by atoms with Crippen LogP contribution < -0.4 is 11.3 Å². The molecule has 1 aliphatic heterocycles. The van der Waals surface area contributed by atoms with Gasteiger partial charge in [0.1, 0.15) is 24.5 Å². The smallest absolute Gasteiger partial charge is 0.280 e. The largest absolute Gasteiger partial charge is 0.394 e. The number of imidazole rings is 1. The van der Waals surface area contributed by atoms with Gasteiger partial charge in [0.15, 0.2) is 11.2 Å². The van der Waals surface area contributed by atoms with E-state index in [0.717, 1.165) is 0 Å². The highest BCUT2D eigenvalue weighted by Gasteiger charge is 2.46. The first-order valence-corrected chi connectivity index (χ1v) is 6.23. The molecule has 2 aromatic rings. The number of aliphatic hydroxyl groups excluding tert-OH is 1. The average Bonchev–Trinajstić information content (AvgIpc) is 3.02. The Bertz CT molecular complexity index is 812. The van der Waals surface area contributed by atoms with Gasteiger partial charge in [-0.25, -0.2) is 9.37 Å². The van der Waals surface area contributed by atoms with E-state index in [1.165, 1.54) is 10.9 Å². The number of anilines is 1. The van der Waals surface area contributed by atoms with Crippen molar-refractivity contribution >= 4 is 17.1 Å². The predicted octanol–water partition coefficient (Wildman–Crippen LogP) is -0.392. The second kappa shape index (κ2) is 5.26. The molecule has 0 radical (unpaired) electrons. The number of nitrogens with zero attached hydrogens (tertiary/aromatic N) is 6. The maximum Gasteiger partial charge on any atom is 0.280 e. The molecule has 0 aromatic carbocycles. The Morgan fingerprint density at radius 3 is 3.14 bits per heavy atom. The van der Waals surface area contributed by atoms with Gasteiger partial charge in [-0.2, -0.15) is 4.98 Å². The van der Waals surface area contributed by atoms with Crippen LogP contribution in [0.3, 0.4) is 0 Å². The molecule has 3 heterocycles. The molecule has 0 aliphatic carbocycles. The summed E-state index contributed by atoms with van der Waals surface area (Å²) in [7, 11) is 0. The summed E-state index contributed by atoms with van der Waals surface area (Å²) in [6.07, 6.45) is -2.75. The second-order valence-electron chi connectivity index (χ2n) is 4.66. The zero-order valence-electron chi connectivity index (χ0n) is 11.0. The van der Waals surface area contributed by atoms with Crippen LogP contribution in [0.2, 0.25) is 0 Å². The normalized spacial score (nSPS) is 27.9. The van der Waals surface area contributed by atoms with Gasteiger partial charge in [0, 0.05) is 4.91 Å². The summed E-state index contributed by atoms with van der Waals surface area (Å²) in [6, 6.07) is -1.23. The first-order chi connectivity index (χ1) is 10.6. The molecule has 3 rings (SSSR count). The Labute approximate surface area is 121 Å².